The van der Waals surface area contributed by atoms with Crippen LogP contribution in [-0.2, 0) is 0 Å². The summed E-state index contributed by atoms with van der Waals surface area (Å²) in [4.78, 5) is 11.7. The molecule has 0 spiro atoms. The molecule has 0 bridgehead atoms. The number of aliphatic imine (C=N–C) groups is 1. The van der Waals surface area contributed by atoms with E-state index in [0.29, 0.717) is 6.04 Å². The Morgan fingerprint density at radius 1 is 1.04 bits per heavy atom. The van der Waals surface area contributed by atoms with Crippen molar-refractivity contribution in [1.82, 2.24) is 25.3 Å². The molecule has 0 saturated carbocycles. The zero-order valence-corrected chi connectivity index (χ0v) is 17.4. The summed E-state index contributed by atoms with van der Waals surface area (Å²) >= 11 is 0. The van der Waals surface area contributed by atoms with Gasteiger partial charge in [-0.15, -0.1) is 24.0 Å². The summed E-state index contributed by atoms with van der Waals surface area (Å²) in [7, 11) is 6.27. The van der Waals surface area contributed by atoms with Crippen LogP contribution in [0.15, 0.2) is 4.99 Å². The standard InChI is InChI=1S/C16H34N6.HI/c1-17-16(18-7-10-22-8-5-4-6-9-22)19-13-15-14-20(2)11-12-21(15)3;/h15H,4-14H2,1-3H3,(H2,17,18,19);1H. The fraction of sp³-hybridized carbons (Fsp3) is 0.938. The highest BCUT2D eigenvalue weighted by molar-refractivity contribution is 14.0. The normalized spacial score (nSPS) is 25.0. The van der Waals surface area contributed by atoms with E-state index in [0.717, 1.165) is 45.2 Å². The van der Waals surface area contributed by atoms with Gasteiger partial charge < -0.3 is 20.4 Å². The van der Waals surface area contributed by atoms with Gasteiger partial charge >= 0.3 is 0 Å². The molecular formula is C16H35IN6. The molecule has 23 heavy (non-hydrogen) atoms. The lowest BCUT2D eigenvalue weighted by Crippen LogP contribution is -2.55. The van der Waals surface area contributed by atoms with Crippen LogP contribution in [0.25, 0.3) is 0 Å². The molecule has 2 N–H and O–H groups in total. The van der Waals surface area contributed by atoms with Gasteiger partial charge in [0.1, 0.15) is 0 Å². The van der Waals surface area contributed by atoms with Crippen LogP contribution in [0.1, 0.15) is 19.3 Å². The molecule has 1 atom stereocenters. The SMILES string of the molecule is CN=C(NCCN1CCCCC1)NCC1CN(C)CCN1C.I. The van der Waals surface area contributed by atoms with Crippen LogP contribution in [0, 0.1) is 0 Å². The number of likely N-dealkylation sites (N-methyl/N-ethyl adjacent to an activating group) is 2. The molecule has 0 aliphatic carbocycles. The quantitative estimate of drug-likeness (QED) is 0.372. The van der Waals surface area contributed by atoms with E-state index in [9.17, 15) is 0 Å². The molecule has 7 heteroatoms. The van der Waals surface area contributed by atoms with E-state index in [1.54, 1.807) is 0 Å². The van der Waals surface area contributed by atoms with Crippen LogP contribution < -0.4 is 10.6 Å². The first-order chi connectivity index (χ1) is 10.7. The monoisotopic (exact) mass is 438 g/mol. The van der Waals surface area contributed by atoms with Crippen LogP contribution in [0.5, 0.6) is 0 Å². The van der Waals surface area contributed by atoms with Crippen molar-refractivity contribution in [3.8, 4) is 0 Å². The minimum Gasteiger partial charge on any atom is -0.355 e. The number of guanidine groups is 1. The van der Waals surface area contributed by atoms with E-state index in [4.69, 9.17) is 0 Å². The van der Waals surface area contributed by atoms with Crippen molar-refractivity contribution >= 4 is 29.9 Å². The van der Waals surface area contributed by atoms with Crippen molar-refractivity contribution in [2.45, 2.75) is 25.3 Å². The van der Waals surface area contributed by atoms with Gasteiger partial charge in [-0.3, -0.25) is 9.89 Å². The van der Waals surface area contributed by atoms with Gasteiger partial charge in [0.15, 0.2) is 5.96 Å². The zero-order chi connectivity index (χ0) is 15.8. The Morgan fingerprint density at radius 2 is 1.78 bits per heavy atom. The number of likely N-dealkylation sites (tertiary alicyclic amines) is 1. The number of nitrogens with one attached hydrogen (secondary N) is 2. The lowest BCUT2D eigenvalue weighted by molar-refractivity contribution is 0.116. The molecule has 0 aromatic rings. The van der Waals surface area contributed by atoms with Crippen molar-refractivity contribution in [2.75, 3.05) is 73.5 Å². The fourth-order valence-corrected chi connectivity index (χ4v) is 3.27. The Bertz CT molecular complexity index is 345. The average Bonchev–Trinajstić information content (AvgIpc) is 2.54. The van der Waals surface area contributed by atoms with Crippen LogP contribution in [-0.4, -0.2) is 100 Å². The van der Waals surface area contributed by atoms with Gasteiger partial charge in [-0.05, 0) is 40.0 Å². The van der Waals surface area contributed by atoms with Crippen LogP contribution in [0.3, 0.4) is 0 Å². The molecule has 2 rings (SSSR count). The van der Waals surface area contributed by atoms with Gasteiger partial charge in [0.2, 0.25) is 0 Å². The second kappa shape index (κ2) is 11.4. The summed E-state index contributed by atoms with van der Waals surface area (Å²) in [6, 6.07) is 0.555. The van der Waals surface area contributed by atoms with Crippen molar-refractivity contribution in [1.29, 1.82) is 0 Å². The molecule has 0 aromatic heterocycles. The van der Waals surface area contributed by atoms with Crippen molar-refractivity contribution < 1.29 is 0 Å². The highest BCUT2D eigenvalue weighted by atomic mass is 127. The maximum Gasteiger partial charge on any atom is 0.191 e. The number of piperazine rings is 1. The molecule has 6 nitrogen and oxygen atoms in total. The Balaban J connectivity index is 0.00000264. The summed E-state index contributed by atoms with van der Waals surface area (Å²) in [6.45, 7) is 8.98. The third-order valence-corrected chi connectivity index (χ3v) is 4.88. The lowest BCUT2D eigenvalue weighted by Gasteiger charge is -2.38. The number of halogens is 1. The maximum absolute atomic E-state index is 4.34. The minimum absolute atomic E-state index is 0. The summed E-state index contributed by atoms with van der Waals surface area (Å²) in [5.41, 5.74) is 0. The molecule has 0 amide bonds. The first kappa shape index (κ1) is 20.9. The topological polar surface area (TPSA) is 46.1 Å². The largest absolute Gasteiger partial charge is 0.355 e. The average molecular weight is 438 g/mol. The molecule has 0 aromatic carbocycles. The van der Waals surface area contributed by atoms with Crippen LogP contribution in [0.4, 0.5) is 0 Å². The number of rotatable bonds is 5. The van der Waals surface area contributed by atoms with Crippen LogP contribution >= 0.6 is 24.0 Å². The second-order valence-electron chi connectivity index (χ2n) is 6.68. The molecular weight excluding hydrogens is 403 g/mol. The second-order valence-corrected chi connectivity index (χ2v) is 6.68. The van der Waals surface area contributed by atoms with Crippen molar-refractivity contribution in [2.24, 2.45) is 4.99 Å². The number of hydrogen-bond acceptors (Lipinski definition) is 4. The molecule has 2 heterocycles. The molecule has 136 valence electrons. The third-order valence-electron chi connectivity index (χ3n) is 4.88. The van der Waals surface area contributed by atoms with E-state index in [-0.39, 0.29) is 24.0 Å². The van der Waals surface area contributed by atoms with Gasteiger partial charge in [0, 0.05) is 52.4 Å². The Morgan fingerprint density at radius 3 is 2.48 bits per heavy atom. The van der Waals surface area contributed by atoms with Gasteiger partial charge in [0.05, 0.1) is 0 Å². The smallest absolute Gasteiger partial charge is 0.191 e. The van der Waals surface area contributed by atoms with E-state index < -0.39 is 0 Å². The maximum atomic E-state index is 4.34. The predicted octanol–water partition coefficient (Wildman–Crippen LogP) is 0.501. The minimum atomic E-state index is 0. The summed E-state index contributed by atoms with van der Waals surface area (Å²) < 4.78 is 0. The molecule has 1 unspecified atom stereocenters. The van der Waals surface area contributed by atoms with Gasteiger partial charge in [-0.1, -0.05) is 6.42 Å². The molecule has 2 saturated heterocycles. The molecule has 2 fully saturated rings. The van der Waals surface area contributed by atoms with E-state index >= 15 is 0 Å². The highest BCUT2D eigenvalue weighted by Crippen LogP contribution is 2.07. The zero-order valence-electron chi connectivity index (χ0n) is 15.1. The fourth-order valence-electron chi connectivity index (χ4n) is 3.27. The highest BCUT2D eigenvalue weighted by Gasteiger charge is 2.22. The lowest BCUT2D eigenvalue weighted by atomic mass is 10.1. The Hall–Kier alpha value is -0.120. The van der Waals surface area contributed by atoms with Crippen LogP contribution in [0.2, 0.25) is 0 Å². The predicted molar refractivity (Wildman–Crippen MR) is 109 cm³/mol. The van der Waals surface area contributed by atoms with E-state index in [2.05, 4.69) is 44.4 Å². The number of nitrogens with zero attached hydrogens (tertiary/aromatic N) is 4. The number of piperidine rings is 1. The molecule has 0 radical (unpaired) electrons. The molecule has 2 aliphatic rings. The number of hydrogen-bond donors (Lipinski definition) is 2. The van der Waals surface area contributed by atoms with Gasteiger partial charge in [-0.2, -0.15) is 0 Å². The third kappa shape index (κ3) is 7.53. The van der Waals surface area contributed by atoms with Gasteiger partial charge in [-0.25, -0.2) is 0 Å². The Labute approximate surface area is 159 Å². The van der Waals surface area contributed by atoms with E-state index in [1.165, 1.54) is 32.4 Å². The molecule has 2 aliphatic heterocycles. The van der Waals surface area contributed by atoms with Crippen molar-refractivity contribution in [3.63, 3.8) is 0 Å². The summed E-state index contributed by atoms with van der Waals surface area (Å²) in [5.74, 6) is 0.929. The summed E-state index contributed by atoms with van der Waals surface area (Å²) in [5, 5.41) is 6.93. The van der Waals surface area contributed by atoms with E-state index in [1.807, 2.05) is 7.05 Å². The first-order valence-corrected chi connectivity index (χ1v) is 8.74. The van der Waals surface area contributed by atoms with Gasteiger partial charge in [0.25, 0.3) is 0 Å². The van der Waals surface area contributed by atoms with Crippen molar-refractivity contribution in [3.05, 3.63) is 0 Å². The Kier molecular flexibility index (Phi) is 10.4. The summed E-state index contributed by atoms with van der Waals surface area (Å²) in [6.07, 6.45) is 4.11. The first-order valence-electron chi connectivity index (χ1n) is 8.74.